The average molecular weight is 464 g/mol. The molecule has 0 saturated carbocycles. The van der Waals surface area contributed by atoms with Gasteiger partial charge in [-0.1, -0.05) is 6.92 Å². The maximum absolute atomic E-state index is 12.9. The molecule has 0 aliphatic carbocycles. The van der Waals surface area contributed by atoms with Gasteiger partial charge in [0.1, 0.15) is 19.0 Å². The van der Waals surface area contributed by atoms with Gasteiger partial charge in [0.15, 0.2) is 11.5 Å². The molecule has 1 aliphatic rings. The minimum absolute atomic E-state index is 0.287. The summed E-state index contributed by atoms with van der Waals surface area (Å²) in [5, 5.41) is 10.6. The van der Waals surface area contributed by atoms with Crippen molar-refractivity contribution in [3.05, 3.63) is 65.5 Å². The van der Waals surface area contributed by atoms with Gasteiger partial charge in [-0.2, -0.15) is 5.10 Å². The van der Waals surface area contributed by atoms with Crippen molar-refractivity contribution in [2.75, 3.05) is 25.6 Å². The second-order valence-electron chi connectivity index (χ2n) is 7.83. The van der Waals surface area contributed by atoms with Gasteiger partial charge in [0, 0.05) is 35.6 Å². The molecule has 34 heavy (non-hydrogen) atoms. The molecule has 9 nitrogen and oxygen atoms in total. The summed E-state index contributed by atoms with van der Waals surface area (Å²) in [5.74, 6) is 2.05. The summed E-state index contributed by atoms with van der Waals surface area (Å²) < 4.78 is 18.4. The van der Waals surface area contributed by atoms with Crippen molar-refractivity contribution in [1.29, 1.82) is 0 Å². The molecule has 2 N–H and O–H groups in total. The number of guanidine groups is 1. The normalized spacial score (nSPS) is 12.9. The number of nitrogens with zero attached hydrogens (tertiary/aromatic N) is 3. The number of ether oxygens (including phenoxy) is 3. The highest BCUT2D eigenvalue weighted by atomic mass is 16.6. The zero-order valence-corrected chi connectivity index (χ0v) is 19.6. The topological polar surface area (TPSA) is 99.0 Å². The summed E-state index contributed by atoms with van der Waals surface area (Å²) in [6, 6.07) is 12.4. The van der Waals surface area contributed by atoms with E-state index in [0.29, 0.717) is 48.5 Å². The molecule has 2 aromatic carbocycles. The highest BCUT2D eigenvalue weighted by Gasteiger charge is 2.15. The van der Waals surface area contributed by atoms with E-state index in [0.717, 1.165) is 29.9 Å². The van der Waals surface area contributed by atoms with Gasteiger partial charge in [-0.25, -0.2) is 4.99 Å². The second kappa shape index (κ2) is 10.7. The van der Waals surface area contributed by atoms with Crippen molar-refractivity contribution >= 4 is 17.6 Å². The van der Waals surface area contributed by atoms with Crippen LogP contribution in [0.15, 0.2) is 53.7 Å². The van der Waals surface area contributed by atoms with Crippen LogP contribution in [0.2, 0.25) is 0 Å². The number of hydrogen-bond acceptors (Lipinski definition) is 6. The fraction of sp³-hybridized carbons (Fsp3) is 0.320. The van der Waals surface area contributed by atoms with Crippen LogP contribution in [0.1, 0.15) is 35.0 Å². The van der Waals surface area contributed by atoms with E-state index in [4.69, 9.17) is 14.2 Å². The molecule has 0 unspecified atom stereocenters. The van der Waals surface area contributed by atoms with E-state index in [-0.39, 0.29) is 5.91 Å². The van der Waals surface area contributed by atoms with Crippen LogP contribution in [0, 0.1) is 6.92 Å². The Morgan fingerprint density at radius 1 is 1.15 bits per heavy atom. The number of amides is 1. The first-order chi connectivity index (χ1) is 16.6. The number of aryl methyl sites for hydroxylation is 2. The smallest absolute Gasteiger partial charge is 0.257 e. The fourth-order valence-corrected chi connectivity index (χ4v) is 3.51. The fourth-order valence-electron chi connectivity index (χ4n) is 3.51. The average Bonchev–Trinajstić information content (AvgIpc) is 3.21. The van der Waals surface area contributed by atoms with Gasteiger partial charge in [0.25, 0.3) is 5.91 Å². The molecule has 0 fully saturated rings. The molecule has 0 spiro atoms. The lowest BCUT2D eigenvalue weighted by Gasteiger charge is -2.19. The number of benzene rings is 2. The lowest BCUT2D eigenvalue weighted by Crippen LogP contribution is -2.36. The van der Waals surface area contributed by atoms with E-state index in [1.165, 1.54) is 0 Å². The van der Waals surface area contributed by atoms with Crippen LogP contribution >= 0.6 is 0 Å². The third-order valence-electron chi connectivity index (χ3n) is 5.30. The Hall–Kier alpha value is -4.01. The third-order valence-corrected chi connectivity index (χ3v) is 5.30. The number of aromatic nitrogens is 2. The molecule has 3 aromatic rings. The number of aliphatic imine (C=N–C) groups is 1. The van der Waals surface area contributed by atoms with Crippen LogP contribution in [-0.2, 0) is 13.1 Å². The zero-order chi connectivity index (χ0) is 23.9. The standard InChI is InChI=1S/C25H29N5O4/c1-4-11-30-16-19(17(2)29-30)15-26-25(28-24(31)18-5-8-21(32-3)9-6-18)27-20-7-10-22-23(14-20)34-13-12-33-22/h5-10,14,16H,4,11-13,15H2,1-3H3,(H2,26,27,28,31). The molecule has 0 bridgehead atoms. The van der Waals surface area contributed by atoms with Crippen molar-refractivity contribution in [2.24, 2.45) is 4.99 Å². The molecule has 4 rings (SSSR count). The summed E-state index contributed by atoms with van der Waals surface area (Å²) in [6.45, 7) is 6.30. The maximum atomic E-state index is 12.9. The first-order valence-electron chi connectivity index (χ1n) is 11.2. The lowest BCUT2D eigenvalue weighted by atomic mass is 10.2. The molecular weight excluding hydrogens is 434 g/mol. The first-order valence-corrected chi connectivity index (χ1v) is 11.2. The lowest BCUT2D eigenvalue weighted by molar-refractivity contribution is 0.0977. The number of carbonyl (C=O) groups excluding carboxylic acids is 1. The summed E-state index contributed by atoms with van der Waals surface area (Å²) in [7, 11) is 1.59. The number of rotatable bonds is 7. The van der Waals surface area contributed by atoms with E-state index >= 15 is 0 Å². The quantitative estimate of drug-likeness (QED) is 0.409. The zero-order valence-electron chi connectivity index (χ0n) is 19.6. The molecular formula is C25H29N5O4. The molecule has 9 heteroatoms. The minimum Gasteiger partial charge on any atom is -0.497 e. The highest BCUT2D eigenvalue weighted by Crippen LogP contribution is 2.32. The predicted molar refractivity (Wildman–Crippen MR) is 130 cm³/mol. The second-order valence-corrected chi connectivity index (χ2v) is 7.83. The predicted octanol–water partition coefficient (Wildman–Crippen LogP) is 3.78. The SMILES string of the molecule is CCCn1cc(CN=C(NC(=O)c2ccc(OC)cc2)Nc2ccc3c(c2)OCCO3)c(C)n1. The van der Waals surface area contributed by atoms with Gasteiger partial charge in [-0.05, 0) is 49.7 Å². The van der Waals surface area contributed by atoms with Crippen LogP contribution in [0.4, 0.5) is 5.69 Å². The Balaban J connectivity index is 1.55. The number of hydrogen-bond donors (Lipinski definition) is 2. The van der Waals surface area contributed by atoms with Crippen LogP contribution in [-0.4, -0.2) is 42.0 Å². The molecule has 178 valence electrons. The Bertz CT molecular complexity index is 1170. The molecule has 1 aromatic heterocycles. The molecule has 0 atom stereocenters. The van der Waals surface area contributed by atoms with Crippen LogP contribution in [0.25, 0.3) is 0 Å². The first kappa shape index (κ1) is 23.2. The third kappa shape index (κ3) is 5.67. The summed E-state index contributed by atoms with van der Waals surface area (Å²) in [6.07, 6.45) is 2.99. The van der Waals surface area contributed by atoms with E-state index in [1.54, 1.807) is 31.4 Å². The Morgan fingerprint density at radius 2 is 1.91 bits per heavy atom. The largest absolute Gasteiger partial charge is 0.497 e. The van der Waals surface area contributed by atoms with Gasteiger partial charge >= 0.3 is 0 Å². The number of nitrogens with one attached hydrogen (secondary N) is 2. The number of anilines is 1. The summed E-state index contributed by atoms with van der Waals surface area (Å²) in [4.78, 5) is 17.6. The van der Waals surface area contributed by atoms with Crippen LogP contribution in [0.3, 0.4) is 0 Å². The van der Waals surface area contributed by atoms with Gasteiger partial charge in [0.2, 0.25) is 5.96 Å². The summed E-state index contributed by atoms with van der Waals surface area (Å²) >= 11 is 0. The van der Waals surface area contributed by atoms with Crippen LogP contribution < -0.4 is 24.8 Å². The van der Waals surface area contributed by atoms with Crippen molar-refractivity contribution in [3.63, 3.8) is 0 Å². The monoisotopic (exact) mass is 463 g/mol. The van der Waals surface area contributed by atoms with Crippen molar-refractivity contribution in [1.82, 2.24) is 15.1 Å². The molecule has 0 saturated heterocycles. The molecule has 1 aliphatic heterocycles. The summed E-state index contributed by atoms with van der Waals surface area (Å²) in [5.41, 5.74) is 3.12. The maximum Gasteiger partial charge on any atom is 0.257 e. The van der Waals surface area contributed by atoms with Gasteiger partial charge in [0.05, 0.1) is 19.3 Å². The van der Waals surface area contributed by atoms with Gasteiger partial charge < -0.3 is 19.5 Å². The van der Waals surface area contributed by atoms with E-state index in [2.05, 4.69) is 27.6 Å². The minimum atomic E-state index is -0.287. The number of fused-ring (bicyclic) bond motifs is 1. The van der Waals surface area contributed by atoms with Gasteiger partial charge in [-0.3, -0.25) is 14.8 Å². The molecule has 0 radical (unpaired) electrons. The van der Waals surface area contributed by atoms with E-state index in [9.17, 15) is 4.79 Å². The Morgan fingerprint density at radius 3 is 2.65 bits per heavy atom. The highest BCUT2D eigenvalue weighted by molar-refractivity contribution is 6.10. The molecule has 2 heterocycles. The molecule has 1 amide bonds. The number of methoxy groups -OCH3 is 1. The Labute approximate surface area is 198 Å². The van der Waals surface area contributed by atoms with Gasteiger partial charge in [-0.15, -0.1) is 0 Å². The van der Waals surface area contributed by atoms with Crippen LogP contribution in [0.5, 0.6) is 17.2 Å². The Kier molecular flexibility index (Phi) is 7.31. The number of carbonyl (C=O) groups is 1. The van der Waals surface area contributed by atoms with Crippen molar-refractivity contribution in [3.8, 4) is 17.2 Å². The van der Waals surface area contributed by atoms with E-state index in [1.807, 2.05) is 36.0 Å². The van der Waals surface area contributed by atoms with E-state index < -0.39 is 0 Å². The van der Waals surface area contributed by atoms with Crippen molar-refractivity contribution < 1.29 is 19.0 Å². The van der Waals surface area contributed by atoms with Crippen molar-refractivity contribution in [2.45, 2.75) is 33.4 Å².